The number of hydrogen-bond acceptors (Lipinski definition) is 6. The molecule has 0 spiro atoms. The third-order valence-corrected chi connectivity index (χ3v) is 9.92. The molecule has 0 bridgehead atoms. The molecule has 2 fully saturated rings. The molecule has 54 heavy (non-hydrogen) atoms. The molecule has 2 aliphatic rings. The molecule has 0 radical (unpaired) electrons. The first-order chi connectivity index (χ1) is 26.4. The number of rotatable bonds is 12. The minimum atomic E-state index is -0.804. The molecule has 0 saturated carbocycles. The molecular weight excluding hydrogens is 681 g/mol. The van der Waals surface area contributed by atoms with Crippen molar-refractivity contribution < 1.29 is 23.9 Å². The van der Waals surface area contributed by atoms with Crippen LogP contribution in [0.2, 0.25) is 0 Å². The van der Waals surface area contributed by atoms with Crippen LogP contribution in [0.1, 0.15) is 35.6 Å². The van der Waals surface area contributed by atoms with E-state index in [1.54, 1.807) is 22.0 Å². The molecule has 0 unspecified atom stereocenters. The Bertz CT molecular complexity index is 2090. The molecule has 7 rings (SSSR count). The van der Waals surface area contributed by atoms with Gasteiger partial charge in [-0.1, -0.05) is 122 Å². The highest BCUT2D eigenvalue weighted by Crippen LogP contribution is 2.31. The zero-order chi connectivity index (χ0) is 37.4. The summed E-state index contributed by atoms with van der Waals surface area (Å²) in [5.74, 6) is -0.365. The molecule has 0 aliphatic carbocycles. The number of benzene rings is 5. The molecule has 5 aromatic carbocycles. The molecule has 5 amide bonds. The second-order valence-corrected chi connectivity index (χ2v) is 13.6. The standard InChI is InChI=1S/C43H44N6O5/c1-2-24-47(42(52)44-26-32-12-5-3-6-13-32)48-29-40(50)49-38(25-31-20-22-36(23-21-31)45-43(53)54-30-33-14-7-4-8-15-33)41(51)46(28-39(48)49)27-35-18-11-17-34-16-9-10-19-37(34)35/h3-23,38-39H,2,24-30H2,1H3,(H,44,52)(H,45,53)/t38-,39+/m0/s1. The van der Waals surface area contributed by atoms with Crippen molar-refractivity contribution in [3.05, 3.63) is 150 Å². The van der Waals surface area contributed by atoms with Gasteiger partial charge in [0.25, 0.3) is 0 Å². The van der Waals surface area contributed by atoms with Gasteiger partial charge in [0, 0.05) is 31.7 Å². The Morgan fingerprint density at radius 2 is 1.48 bits per heavy atom. The fraction of sp³-hybridized carbons (Fsp3) is 0.256. The van der Waals surface area contributed by atoms with Gasteiger partial charge in [0.15, 0.2) is 0 Å². The van der Waals surface area contributed by atoms with E-state index in [4.69, 9.17) is 4.74 Å². The van der Waals surface area contributed by atoms with E-state index in [2.05, 4.69) is 28.8 Å². The number of carbonyl (C=O) groups is 4. The summed E-state index contributed by atoms with van der Waals surface area (Å²) >= 11 is 0. The maximum Gasteiger partial charge on any atom is 0.411 e. The maximum atomic E-state index is 14.5. The number of nitrogens with zero attached hydrogens (tertiary/aromatic N) is 4. The van der Waals surface area contributed by atoms with E-state index in [1.807, 2.05) is 114 Å². The summed E-state index contributed by atoms with van der Waals surface area (Å²) in [5.41, 5.74) is 4.22. The van der Waals surface area contributed by atoms with Crippen LogP contribution in [0.4, 0.5) is 15.3 Å². The van der Waals surface area contributed by atoms with Gasteiger partial charge < -0.3 is 19.9 Å². The van der Waals surface area contributed by atoms with Crippen LogP contribution in [0.5, 0.6) is 0 Å². The Labute approximate surface area is 315 Å². The predicted molar refractivity (Wildman–Crippen MR) is 207 cm³/mol. The van der Waals surface area contributed by atoms with Crippen molar-refractivity contribution in [2.24, 2.45) is 0 Å². The molecule has 2 saturated heterocycles. The number of ether oxygens (including phenoxy) is 1. The Kier molecular flexibility index (Phi) is 11.1. The van der Waals surface area contributed by atoms with Crippen molar-refractivity contribution >= 4 is 40.4 Å². The minimum absolute atomic E-state index is 0.0245. The predicted octanol–water partition coefficient (Wildman–Crippen LogP) is 6.55. The van der Waals surface area contributed by atoms with Crippen LogP contribution in [0.25, 0.3) is 10.8 Å². The molecule has 2 heterocycles. The van der Waals surface area contributed by atoms with E-state index in [-0.39, 0.29) is 44.0 Å². The largest absolute Gasteiger partial charge is 0.444 e. The summed E-state index contributed by atoms with van der Waals surface area (Å²) in [4.78, 5) is 58.2. The summed E-state index contributed by atoms with van der Waals surface area (Å²) in [6, 6.07) is 39.4. The third kappa shape index (κ3) is 8.21. The lowest BCUT2D eigenvalue weighted by Gasteiger charge is -2.46. The second kappa shape index (κ2) is 16.6. The molecule has 11 heteroatoms. The van der Waals surface area contributed by atoms with E-state index in [0.717, 1.165) is 33.0 Å². The first-order valence-corrected chi connectivity index (χ1v) is 18.4. The SMILES string of the molecule is CCCN(C(=O)NCc1ccccc1)N1CC(=O)N2[C@@H](Cc3ccc(NC(=O)OCc4ccccc4)cc3)C(=O)N(Cc3cccc4ccccc34)C[C@@H]21. The van der Waals surface area contributed by atoms with Crippen LogP contribution in [0.3, 0.4) is 0 Å². The molecule has 0 aromatic heterocycles. The van der Waals surface area contributed by atoms with Crippen LogP contribution >= 0.6 is 0 Å². The molecule has 276 valence electrons. The molecule has 11 nitrogen and oxygen atoms in total. The van der Waals surface area contributed by atoms with Crippen LogP contribution in [0.15, 0.2) is 127 Å². The van der Waals surface area contributed by atoms with E-state index >= 15 is 0 Å². The average Bonchev–Trinajstić information content (AvgIpc) is 3.53. The van der Waals surface area contributed by atoms with Gasteiger partial charge in [-0.15, -0.1) is 0 Å². The lowest BCUT2D eigenvalue weighted by atomic mass is 9.98. The number of hydrazine groups is 1. The van der Waals surface area contributed by atoms with Gasteiger partial charge in [-0.3, -0.25) is 19.9 Å². The van der Waals surface area contributed by atoms with E-state index in [0.29, 0.717) is 31.7 Å². The van der Waals surface area contributed by atoms with Gasteiger partial charge in [0.05, 0.1) is 13.1 Å². The lowest BCUT2D eigenvalue weighted by Crippen LogP contribution is -2.66. The van der Waals surface area contributed by atoms with Crippen molar-refractivity contribution in [1.82, 2.24) is 25.1 Å². The van der Waals surface area contributed by atoms with Gasteiger partial charge >= 0.3 is 12.1 Å². The average molecular weight is 725 g/mol. The first kappa shape index (κ1) is 36.2. The monoisotopic (exact) mass is 724 g/mol. The number of nitrogens with one attached hydrogen (secondary N) is 2. The van der Waals surface area contributed by atoms with Crippen LogP contribution in [-0.2, 0) is 40.4 Å². The summed E-state index contributed by atoms with van der Waals surface area (Å²) in [6.07, 6.45) is -0.191. The normalized spacial score (nSPS) is 17.0. The fourth-order valence-corrected chi connectivity index (χ4v) is 7.27. The number of piperazine rings is 1. The molecule has 2 atom stereocenters. The van der Waals surface area contributed by atoms with Crippen LogP contribution in [0, 0.1) is 0 Å². The number of amides is 5. The van der Waals surface area contributed by atoms with E-state index in [1.165, 1.54) is 0 Å². The van der Waals surface area contributed by atoms with Gasteiger partial charge in [0.1, 0.15) is 18.8 Å². The Morgan fingerprint density at radius 3 is 2.22 bits per heavy atom. The lowest BCUT2D eigenvalue weighted by molar-refractivity contribution is -0.157. The second-order valence-electron chi connectivity index (χ2n) is 13.6. The molecule has 5 aromatic rings. The maximum absolute atomic E-state index is 14.5. The van der Waals surface area contributed by atoms with Gasteiger partial charge in [0.2, 0.25) is 11.8 Å². The zero-order valence-electron chi connectivity index (χ0n) is 30.3. The summed E-state index contributed by atoms with van der Waals surface area (Å²) in [5, 5.41) is 11.4. The Hall–Kier alpha value is -6.20. The van der Waals surface area contributed by atoms with Crippen LogP contribution in [-0.4, -0.2) is 75.6 Å². The van der Waals surface area contributed by atoms with Gasteiger partial charge in [-0.05, 0) is 51.6 Å². The van der Waals surface area contributed by atoms with Crippen LogP contribution < -0.4 is 10.6 Å². The van der Waals surface area contributed by atoms with Gasteiger partial charge in [-0.2, -0.15) is 5.01 Å². The Morgan fingerprint density at radius 1 is 0.796 bits per heavy atom. The van der Waals surface area contributed by atoms with Crippen molar-refractivity contribution in [2.75, 3.05) is 25.0 Å². The van der Waals surface area contributed by atoms with E-state index < -0.39 is 18.3 Å². The molecule has 2 aliphatic heterocycles. The van der Waals surface area contributed by atoms with Crippen molar-refractivity contribution in [2.45, 2.75) is 51.7 Å². The van der Waals surface area contributed by atoms with Gasteiger partial charge in [-0.25, -0.2) is 9.59 Å². The highest BCUT2D eigenvalue weighted by Gasteiger charge is 2.52. The summed E-state index contributed by atoms with van der Waals surface area (Å²) in [6.45, 7) is 3.46. The number of anilines is 1. The van der Waals surface area contributed by atoms with Crippen molar-refractivity contribution in [3.63, 3.8) is 0 Å². The number of hydrogen-bond donors (Lipinski definition) is 2. The Balaban J connectivity index is 1.12. The van der Waals surface area contributed by atoms with Crippen molar-refractivity contribution in [1.29, 1.82) is 0 Å². The van der Waals surface area contributed by atoms with E-state index in [9.17, 15) is 19.2 Å². The number of urea groups is 1. The first-order valence-electron chi connectivity index (χ1n) is 18.4. The topological polar surface area (TPSA) is 115 Å². The highest BCUT2D eigenvalue weighted by atomic mass is 16.5. The smallest absolute Gasteiger partial charge is 0.411 e. The fourth-order valence-electron chi connectivity index (χ4n) is 7.27. The minimum Gasteiger partial charge on any atom is -0.444 e. The summed E-state index contributed by atoms with van der Waals surface area (Å²) in [7, 11) is 0. The quantitative estimate of drug-likeness (QED) is 0.151. The zero-order valence-corrected chi connectivity index (χ0v) is 30.3. The third-order valence-electron chi connectivity index (χ3n) is 9.92. The molecular formula is C43H44N6O5. The highest BCUT2D eigenvalue weighted by molar-refractivity contribution is 5.92. The number of carbonyl (C=O) groups excluding carboxylic acids is 4. The van der Waals surface area contributed by atoms with Crippen molar-refractivity contribution in [3.8, 4) is 0 Å². The molecule has 2 N–H and O–H groups in total. The number of fused-ring (bicyclic) bond motifs is 2. The summed E-state index contributed by atoms with van der Waals surface area (Å²) < 4.78 is 5.36.